The Bertz CT molecular complexity index is 1150. The standard InChI is InChI=1S/C20H20N4O3S/c1-11(2)10-24-19(27)13-7-4-3-6-12(13)16(23-24)18(26)22-20-21-14-8-5-9-15(25)17(14)28-20/h3-4,6-7,11H,5,8-10H2,1-2H3,(H,21,22,26). The molecule has 1 amide bonds. The number of nitrogens with zero attached hydrogens (tertiary/aromatic N) is 3. The van der Waals surface area contributed by atoms with Crippen LogP contribution in [0.3, 0.4) is 0 Å². The average molecular weight is 396 g/mol. The summed E-state index contributed by atoms with van der Waals surface area (Å²) >= 11 is 1.20. The van der Waals surface area contributed by atoms with E-state index in [0.717, 1.165) is 18.5 Å². The highest BCUT2D eigenvalue weighted by Gasteiger charge is 2.24. The molecule has 0 aliphatic heterocycles. The Morgan fingerprint density at radius 3 is 2.68 bits per heavy atom. The first-order chi connectivity index (χ1) is 13.4. The Labute approximate surface area is 165 Å². The molecule has 3 aromatic rings. The highest BCUT2D eigenvalue weighted by molar-refractivity contribution is 7.17. The van der Waals surface area contributed by atoms with Gasteiger partial charge < -0.3 is 0 Å². The van der Waals surface area contributed by atoms with Gasteiger partial charge in [-0.3, -0.25) is 19.7 Å². The van der Waals surface area contributed by atoms with Crippen molar-refractivity contribution in [1.82, 2.24) is 14.8 Å². The van der Waals surface area contributed by atoms with Crippen LogP contribution in [-0.2, 0) is 13.0 Å². The summed E-state index contributed by atoms with van der Waals surface area (Å²) in [6.45, 7) is 4.39. The van der Waals surface area contributed by atoms with Gasteiger partial charge in [-0.05, 0) is 24.8 Å². The van der Waals surface area contributed by atoms with Gasteiger partial charge in [0, 0.05) is 18.4 Å². The largest absolute Gasteiger partial charge is 0.296 e. The highest BCUT2D eigenvalue weighted by Crippen LogP contribution is 2.30. The van der Waals surface area contributed by atoms with E-state index in [2.05, 4.69) is 15.4 Å². The summed E-state index contributed by atoms with van der Waals surface area (Å²) in [5.74, 6) is -0.153. The van der Waals surface area contributed by atoms with Crippen molar-refractivity contribution in [2.45, 2.75) is 39.7 Å². The summed E-state index contributed by atoms with van der Waals surface area (Å²) in [7, 11) is 0. The van der Waals surface area contributed by atoms with Crippen LogP contribution in [-0.4, -0.2) is 26.5 Å². The third-order valence-corrected chi connectivity index (χ3v) is 5.66. The number of rotatable bonds is 4. The minimum atomic E-state index is -0.438. The molecule has 2 aromatic heterocycles. The Hall–Kier alpha value is -2.87. The molecule has 28 heavy (non-hydrogen) atoms. The van der Waals surface area contributed by atoms with E-state index in [1.54, 1.807) is 24.3 Å². The molecule has 7 nitrogen and oxygen atoms in total. The van der Waals surface area contributed by atoms with E-state index in [-0.39, 0.29) is 23.0 Å². The van der Waals surface area contributed by atoms with Gasteiger partial charge in [-0.1, -0.05) is 43.4 Å². The lowest BCUT2D eigenvalue weighted by Gasteiger charge is -2.12. The maximum absolute atomic E-state index is 13.0. The summed E-state index contributed by atoms with van der Waals surface area (Å²) in [6, 6.07) is 6.96. The van der Waals surface area contributed by atoms with Crippen LogP contribution >= 0.6 is 11.3 Å². The lowest BCUT2D eigenvalue weighted by atomic mass is 10.0. The van der Waals surface area contributed by atoms with Gasteiger partial charge in [-0.2, -0.15) is 5.10 Å². The molecule has 0 atom stereocenters. The van der Waals surface area contributed by atoms with Crippen molar-refractivity contribution in [3.8, 4) is 0 Å². The minimum Gasteiger partial charge on any atom is -0.296 e. The van der Waals surface area contributed by atoms with E-state index in [1.165, 1.54) is 16.0 Å². The zero-order chi connectivity index (χ0) is 19.8. The number of amides is 1. The number of aryl methyl sites for hydroxylation is 1. The van der Waals surface area contributed by atoms with Crippen molar-refractivity contribution in [3.05, 3.63) is 50.9 Å². The SMILES string of the molecule is CC(C)Cn1nc(C(=O)Nc2nc3c(s2)C(=O)CCC3)c2ccccc2c1=O. The van der Waals surface area contributed by atoms with Gasteiger partial charge in [-0.15, -0.1) is 0 Å². The van der Waals surface area contributed by atoms with Crippen LogP contribution in [0, 0.1) is 5.92 Å². The van der Waals surface area contributed by atoms with Crippen molar-refractivity contribution < 1.29 is 9.59 Å². The molecular formula is C20H20N4O3S. The Morgan fingerprint density at radius 1 is 1.21 bits per heavy atom. The van der Waals surface area contributed by atoms with E-state index in [0.29, 0.717) is 33.7 Å². The number of thiazole rings is 1. The fourth-order valence-corrected chi connectivity index (χ4v) is 4.33. The third-order valence-electron chi connectivity index (χ3n) is 4.61. The second-order valence-corrected chi connectivity index (χ2v) is 8.30. The fourth-order valence-electron chi connectivity index (χ4n) is 3.35. The molecule has 0 radical (unpaired) electrons. The average Bonchev–Trinajstić information content (AvgIpc) is 3.07. The lowest BCUT2D eigenvalue weighted by molar-refractivity contribution is 0.0975. The summed E-state index contributed by atoms with van der Waals surface area (Å²) in [5.41, 5.74) is 0.714. The first-order valence-electron chi connectivity index (χ1n) is 9.28. The number of benzene rings is 1. The summed E-state index contributed by atoms with van der Waals surface area (Å²) < 4.78 is 1.35. The summed E-state index contributed by atoms with van der Waals surface area (Å²) in [6.07, 6.45) is 2.05. The van der Waals surface area contributed by atoms with Crippen molar-refractivity contribution in [3.63, 3.8) is 0 Å². The van der Waals surface area contributed by atoms with Crippen LogP contribution in [0.5, 0.6) is 0 Å². The van der Waals surface area contributed by atoms with E-state index in [4.69, 9.17) is 0 Å². The second kappa shape index (κ2) is 7.27. The Morgan fingerprint density at radius 2 is 1.96 bits per heavy atom. The van der Waals surface area contributed by atoms with E-state index in [1.807, 2.05) is 13.8 Å². The molecule has 1 aromatic carbocycles. The Balaban J connectivity index is 1.74. The maximum Gasteiger partial charge on any atom is 0.278 e. The zero-order valence-corrected chi connectivity index (χ0v) is 16.5. The van der Waals surface area contributed by atoms with Crippen LogP contribution < -0.4 is 10.9 Å². The number of ketones is 1. The van der Waals surface area contributed by atoms with Crippen molar-refractivity contribution >= 4 is 38.9 Å². The molecule has 1 aliphatic carbocycles. The number of Topliss-reactive ketones (excluding diaryl/α,β-unsaturated/α-hetero) is 1. The number of carbonyl (C=O) groups excluding carboxylic acids is 2. The van der Waals surface area contributed by atoms with E-state index < -0.39 is 5.91 Å². The number of fused-ring (bicyclic) bond motifs is 2. The molecule has 0 saturated heterocycles. The molecule has 144 valence electrons. The van der Waals surface area contributed by atoms with E-state index >= 15 is 0 Å². The van der Waals surface area contributed by atoms with Gasteiger partial charge in [0.05, 0.1) is 16.0 Å². The van der Waals surface area contributed by atoms with Crippen molar-refractivity contribution in [1.29, 1.82) is 0 Å². The number of hydrogen-bond acceptors (Lipinski definition) is 6. The minimum absolute atomic E-state index is 0.0771. The molecule has 0 fully saturated rings. The first kappa shape index (κ1) is 18.5. The third kappa shape index (κ3) is 3.35. The molecule has 0 spiro atoms. The molecule has 0 unspecified atom stereocenters. The maximum atomic E-state index is 13.0. The van der Waals surface area contributed by atoms with Gasteiger partial charge in [-0.25, -0.2) is 9.67 Å². The van der Waals surface area contributed by atoms with Gasteiger partial charge in [0.15, 0.2) is 16.6 Å². The topological polar surface area (TPSA) is 93.9 Å². The fraction of sp³-hybridized carbons (Fsp3) is 0.350. The Kier molecular flexibility index (Phi) is 4.80. The second-order valence-electron chi connectivity index (χ2n) is 7.30. The molecule has 2 heterocycles. The molecule has 0 saturated carbocycles. The van der Waals surface area contributed by atoms with Crippen LogP contribution in [0.1, 0.15) is 52.5 Å². The normalized spacial score (nSPS) is 13.8. The van der Waals surface area contributed by atoms with E-state index in [9.17, 15) is 14.4 Å². The van der Waals surface area contributed by atoms with Crippen molar-refractivity contribution in [2.24, 2.45) is 5.92 Å². The highest BCUT2D eigenvalue weighted by atomic mass is 32.1. The summed E-state index contributed by atoms with van der Waals surface area (Å²) in [5, 5.41) is 8.45. The molecule has 4 rings (SSSR count). The molecular weight excluding hydrogens is 376 g/mol. The van der Waals surface area contributed by atoms with Crippen molar-refractivity contribution in [2.75, 3.05) is 5.32 Å². The zero-order valence-electron chi connectivity index (χ0n) is 15.7. The first-order valence-corrected chi connectivity index (χ1v) is 10.1. The van der Waals surface area contributed by atoms with Crippen LogP contribution in [0.25, 0.3) is 10.8 Å². The molecule has 1 N–H and O–H groups in total. The van der Waals surface area contributed by atoms with Crippen LogP contribution in [0.15, 0.2) is 29.1 Å². The molecule has 1 aliphatic rings. The smallest absolute Gasteiger partial charge is 0.278 e. The number of anilines is 1. The van der Waals surface area contributed by atoms with Gasteiger partial charge >= 0.3 is 0 Å². The van der Waals surface area contributed by atoms with Crippen LogP contribution in [0.4, 0.5) is 5.13 Å². The predicted molar refractivity (Wildman–Crippen MR) is 108 cm³/mol. The number of carbonyl (C=O) groups is 2. The molecule has 8 heteroatoms. The molecule has 0 bridgehead atoms. The van der Waals surface area contributed by atoms with Crippen LogP contribution in [0.2, 0.25) is 0 Å². The monoisotopic (exact) mass is 396 g/mol. The summed E-state index contributed by atoms with van der Waals surface area (Å²) in [4.78, 5) is 42.7. The number of nitrogens with one attached hydrogen (secondary N) is 1. The quantitative estimate of drug-likeness (QED) is 0.730. The van der Waals surface area contributed by atoms with Gasteiger partial charge in [0.1, 0.15) is 0 Å². The van der Waals surface area contributed by atoms with Gasteiger partial charge in [0.25, 0.3) is 11.5 Å². The number of hydrogen-bond donors (Lipinski definition) is 1. The van der Waals surface area contributed by atoms with Gasteiger partial charge in [0.2, 0.25) is 0 Å². The number of aromatic nitrogens is 3. The predicted octanol–water partition coefficient (Wildman–Crippen LogP) is 3.28. The lowest BCUT2D eigenvalue weighted by Crippen LogP contribution is -2.29.